The van der Waals surface area contributed by atoms with Crippen LogP contribution in [0.5, 0.6) is 0 Å². The van der Waals surface area contributed by atoms with Crippen LogP contribution in [0.3, 0.4) is 0 Å². The van der Waals surface area contributed by atoms with Crippen molar-refractivity contribution in [3.63, 3.8) is 0 Å². The fourth-order valence-electron chi connectivity index (χ4n) is 5.56. The summed E-state index contributed by atoms with van der Waals surface area (Å²) in [5, 5.41) is 15.5. The van der Waals surface area contributed by atoms with E-state index in [9.17, 15) is 0 Å². The summed E-state index contributed by atoms with van der Waals surface area (Å²) in [6, 6.07) is 12.0. The van der Waals surface area contributed by atoms with E-state index in [1.807, 2.05) is 37.6 Å². The molecule has 2 aliphatic rings. The number of fused-ring (bicyclic) bond motifs is 3. The third-order valence-corrected chi connectivity index (χ3v) is 7.12. The molecule has 4 aromatic rings. The van der Waals surface area contributed by atoms with Crippen molar-refractivity contribution < 1.29 is 0 Å². The normalized spacial score (nSPS) is 22.2. The lowest BCUT2D eigenvalue weighted by molar-refractivity contribution is 0.124. The van der Waals surface area contributed by atoms with Crippen LogP contribution in [-0.4, -0.2) is 48.2 Å². The highest BCUT2D eigenvalue weighted by atomic mass is 15.2. The van der Waals surface area contributed by atoms with Gasteiger partial charge in [-0.05, 0) is 68.9 Å². The second-order valence-electron chi connectivity index (χ2n) is 9.72. The maximum absolute atomic E-state index is 4.96. The first-order valence-electron chi connectivity index (χ1n) is 12.1. The largest absolute Gasteiger partial charge is 0.367 e. The predicted molar refractivity (Wildman–Crippen MR) is 134 cm³/mol. The van der Waals surface area contributed by atoms with Gasteiger partial charge in [-0.1, -0.05) is 0 Å². The van der Waals surface area contributed by atoms with Crippen LogP contribution in [0.1, 0.15) is 42.5 Å². The number of nitrogens with one attached hydrogen (secondary N) is 3. The van der Waals surface area contributed by atoms with Gasteiger partial charge in [-0.3, -0.25) is 20.0 Å². The number of aromatic amines is 1. The molecule has 4 aromatic heterocycles. The Hall–Kier alpha value is -3.52. The maximum atomic E-state index is 4.96. The van der Waals surface area contributed by atoms with E-state index < -0.39 is 0 Å². The highest BCUT2D eigenvalue weighted by Gasteiger charge is 2.40. The molecular weight excluding hydrogens is 424 g/mol. The first kappa shape index (κ1) is 21.0. The van der Waals surface area contributed by atoms with E-state index in [1.165, 1.54) is 18.4 Å². The van der Waals surface area contributed by atoms with Crippen molar-refractivity contribution in [1.82, 2.24) is 30.0 Å². The topological polar surface area (TPSA) is 94.7 Å². The number of hydrogen-bond acceptors (Lipinski definition) is 7. The van der Waals surface area contributed by atoms with Crippen LogP contribution < -0.4 is 10.6 Å². The molecule has 3 N–H and O–H groups in total. The third-order valence-electron chi connectivity index (χ3n) is 7.12. The van der Waals surface area contributed by atoms with Crippen molar-refractivity contribution in [2.75, 3.05) is 10.6 Å². The molecule has 2 aliphatic heterocycles. The van der Waals surface area contributed by atoms with Gasteiger partial charge in [0.05, 0.1) is 5.52 Å². The Morgan fingerprint density at radius 3 is 2.56 bits per heavy atom. The second-order valence-corrected chi connectivity index (χ2v) is 9.72. The van der Waals surface area contributed by atoms with Crippen LogP contribution in [0.25, 0.3) is 10.9 Å². The Balaban J connectivity index is 1.24. The zero-order valence-electron chi connectivity index (χ0n) is 19.6. The van der Waals surface area contributed by atoms with Gasteiger partial charge in [0.1, 0.15) is 11.6 Å². The van der Waals surface area contributed by atoms with Gasteiger partial charge in [-0.15, -0.1) is 0 Å². The van der Waals surface area contributed by atoms with E-state index in [-0.39, 0.29) is 0 Å². The molecule has 34 heavy (non-hydrogen) atoms. The molecule has 2 bridgehead atoms. The molecule has 0 aromatic carbocycles. The smallest absolute Gasteiger partial charge is 0.153 e. The number of rotatable bonds is 6. The van der Waals surface area contributed by atoms with Crippen LogP contribution in [0, 0.1) is 13.8 Å². The summed E-state index contributed by atoms with van der Waals surface area (Å²) >= 11 is 0. The van der Waals surface area contributed by atoms with E-state index in [4.69, 9.17) is 4.98 Å². The molecule has 0 amide bonds. The lowest BCUT2D eigenvalue weighted by atomic mass is 9.96. The van der Waals surface area contributed by atoms with Gasteiger partial charge in [0, 0.05) is 66.5 Å². The lowest BCUT2D eigenvalue weighted by Crippen LogP contribution is -2.46. The minimum absolute atomic E-state index is 0.394. The van der Waals surface area contributed by atoms with Crippen molar-refractivity contribution in [3.8, 4) is 0 Å². The van der Waals surface area contributed by atoms with Gasteiger partial charge in [0.2, 0.25) is 0 Å². The van der Waals surface area contributed by atoms with E-state index in [2.05, 4.69) is 60.8 Å². The quantitative estimate of drug-likeness (QED) is 0.388. The number of aromatic nitrogens is 5. The van der Waals surface area contributed by atoms with Crippen molar-refractivity contribution in [2.45, 2.75) is 64.2 Å². The Labute approximate surface area is 199 Å². The maximum Gasteiger partial charge on any atom is 0.153 e. The summed E-state index contributed by atoms with van der Waals surface area (Å²) < 4.78 is 0. The summed E-state index contributed by atoms with van der Waals surface area (Å²) in [5.41, 5.74) is 4.41. The van der Waals surface area contributed by atoms with Crippen LogP contribution in [0.15, 0.2) is 48.9 Å². The van der Waals surface area contributed by atoms with Crippen molar-refractivity contribution >= 4 is 28.4 Å². The number of aryl methyl sites for hydroxylation is 2. The summed E-state index contributed by atoms with van der Waals surface area (Å²) in [6.07, 6.45) is 10.5. The molecule has 0 radical (unpaired) electrons. The van der Waals surface area contributed by atoms with Gasteiger partial charge in [0.25, 0.3) is 0 Å². The van der Waals surface area contributed by atoms with Gasteiger partial charge in [-0.2, -0.15) is 5.10 Å². The van der Waals surface area contributed by atoms with Crippen molar-refractivity contribution in [3.05, 3.63) is 65.7 Å². The molecular formula is C26H30N8. The summed E-state index contributed by atoms with van der Waals surface area (Å²) in [6.45, 7) is 5.07. The molecule has 8 nitrogen and oxygen atoms in total. The molecule has 0 saturated carbocycles. The molecule has 6 heterocycles. The lowest BCUT2D eigenvalue weighted by Gasteiger charge is -2.39. The average molecular weight is 455 g/mol. The minimum Gasteiger partial charge on any atom is -0.367 e. The number of piperidine rings is 1. The number of pyridine rings is 3. The van der Waals surface area contributed by atoms with Crippen molar-refractivity contribution in [2.24, 2.45) is 0 Å². The first-order chi connectivity index (χ1) is 16.6. The van der Waals surface area contributed by atoms with Crippen LogP contribution in [0.2, 0.25) is 0 Å². The Bertz CT molecular complexity index is 1290. The Kier molecular flexibility index (Phi) is 5.37. The molecule has 0 spiro atoms. The number of hydrogen-bond donors (Lipinski definition) is 3. The van der Waals surface area contributed by atoms with E-state index in [0.717, 1.165) is 59.0 Å². The SMILES string of the molecule is Cc1cnc2cc(Nc3cc(C)[nH]n3)nc(NC3C[C@H]4CC[C@@H](C3)N4Cc3ccncc3)c2c1. The Morgan fingerprint density at radius 2 is 1.82 bits per heavy atom. The van der Waals surface area contributed by atoms with Gasteiger partial charge in [-0.25, -0.2) is 4.98 Å². The molecule has 3 atom stereocenters. The van der Waals surface area contributed by atoms with E-state index >= 15 is 0 Å². The van der Waals surface area contributed by atoms with Crippen LogP contribution >= 0.6 is 0 Å². The van der Waals surface area contributed by atoms with Crippen molar-refractivity contribution in [1.29, 1.82) is 0 Å². The van der Waals surface area contributed by atoms with E-state index in [1.54, 1.807) is 0 Å². The summed E-state index contributed by atoms with van der Waals surface area (Å²) in [5.74, 6) is 2.40. The molecule has 0 aliphatic carbocycles. The molecule has 1 unspecified atom stereocenters. The number of anilines is 3. The molecule has 6 rings (SSSR count). The molecule has 2 saturated heterocycles. The average Bonchev–Trinajstić information content (AvgIpc) is 3.33. The molecule has 8 heteroatoms. The predicted octanol–water partition coefficient (Wildman–Crippen LogP) is 4.72. The monoisotopic (exact) mass is 454 g/mol. The van der Waals surface area contributed by atoms with Gasteiger partial charge < -0.3 is 10.6 Å². The fraction of sp³-hybridized carbons (Fsp3) is 0.385. The Morgan fingerprint density at radius 1 is 1.03 bits per heavy atom. The zero-order chi connectivity index (χ0) is 23.1. The summed E-state index contributed by atoms with van der Waals surface area (Å²) in [4.78, 5) is 16.5. The zero-order valence-corrected chi connectivity index (χ0v) is 19.6. The number of H-pyrrole nitrogens is 1. The number of nitrogens with zero attached hydrogens (tertiary/aromatic N) is 5. The van der Waals surface area contributed by atoms with E-state index in [0.29, 0.717) is 18.1 Å². The fourth-order valence-corrected chi connectivity index (χ4v) is 5.56. The third kappa shape index (κ3) is 4.21. The molecule has 2 fully saturated rings. The minimum atomic E-state index is 0.394. The standard InChI is InChI=1S/C26H30N8/c1-16-9-22-23(28-14-16)13-24(30-25-10-17(2)32-33-25)31-26(22)29-19-11-20-3-4-21(12-19)34(20)15-18-5-7-27-8-6-18/h5-10,13-14,19-21H,3-4,11-12,15H2,1-2H3,(H3,29,30,31,32,33)/t19?,20-,21+. The highest BCUT2D eigenvalue weighted by molar-refractivity contribution is 5.92. The molecule has 174 valence electrons. The summed E-state index contributed by atoms with van der Waals surface area (Å²) in [7, 11) is 0. The second kappa shape index (κ2) is 8.68. The highest BCUT2D eigenvalue weighted by Crippen LogP contribution is 2.38. The van der Waals surface area contributed by atoms with Crippen LogP contribution in [-0.2, 0) is 6.54 Å². The van der Waals surface area contributed by atoms with Gasteiger partial charge >= 0.3 is 0 Å². The van der Waals surface area contributed by atoms with Gasteiger partial charge in [0.15, 0.2) is 5.82 Å². The first-order valence-corrected chi connectivity index (χ1v) is 12.1. The van der Waals surface area contributed by atoms with Crippen LogP contribution in [0.4, 0.5) is 17.5 Å².